The zero-order valence-corrected chi connectivity index (χ0v) is 17.9. The van der Waals surface area contributed by atoms with Crippen LogP contribution in [-0.4, -0.2) is 35.2 Å². The average molecular weight is 418 g/mol. The Kier molecular flexibility index (Phi) is 5.86. The van der Waals surface area contributed by atoms with Crippen LogP contribution in [0.5, 0.6) is 5.75 Å². The molecule has 2 aromatic rings. The molecule has 0 fully saturated rings. The maximum atomic E-state index is 12.7. The van der Waals surface area contributed by atoms with Crippen LogP contribution in [0.2, 0.25) is 0 Å². The normalized spacial score (nSPS) is 19.9. The second-order valence-electron chi connectivity index (χ2n) is 7.65. The molecule has 1 amide bonds. The smallest absolute Gasteiger partial charge is 0.272 e. The summed E-state index contributed by atoms with van der Waals surface area (Å²) in [6.07, 6.45) is 2.52. The molecule has 2 aromatic carbocycles. The van der Waals surface area contributed by atoms with Gasteiger partial charge in [0.25, 0.3) is 5.91 Å². The highest BCUT2D eigenvalue weighted by Gasteiger charge is 2.35. The second kappa shape index (κ2) is 8.73. The zero-order valence-electron chi connectivity index (χ0n) is 17.9. The van der Waals surface area contributed by atoms with Crippen molar-refractivity contribution in [3.8, 4) is 5.75 Å². The quantitative estimate of drug-likeness (QED) is 0.696. The summed E-state index contributed by atoms with van der Waals surface area (Å²) >= 11 is 0. The van der Waals surface area contributed by atoms with Gasteiger partial charge in [0.1, 0.15) is 17.6 Å². The second-order valence-corrected chi connectivity index (χ2v) is 7.65. The average Bonchev–Trinajstić information content (AvgIpc) is 3.20. The number of ether oxygens (including phenoxy) is 1. The lowest BCUT2D eigenvalue weighted by Crippen LogP contribution is -2.44. The third-order valence-corrected chi connectivity index (χ3v) is 5.41. The molecule has 0 aromatic heterocycles. The van der Waals surface area contributed by atoms with Gasteiger partial charge in [0.2, 0.25) is 0 Å². The lowest BCUT2D eigenvalue weighted by Gasteiger charge is -2.34. The number of Topliss-reactive ketones (excluding diaryl/α,β-unsaturated/α-hetero) is 1. The van der Waals surface area contributed by atoms with Gasteiger partial charge in [-0.05, 0) is 68.8 Å². The number of carbonyl (C=O) groups excluding carboxylic acids is 2. The first-order valence-electron chi connectivity index (χ1n) is 10.4. The third-order valence-electron chi connectivity index (χ3n) is 5.41. The molecule has 2 atom stereocenters. The fourth-order valence-corrected chi connectivity index (χ4v) is 3.80. The van der Waals surface area contributed by atoms with Gasteiger partial charge in [-0.25, -0.2) is 0 Å². The Hall–Kier alpha value is -3.45. The maximum absolute atomic E-state index is 12.7. The molecule has 7 heteroatoms. The molecule has 31 heavy (non-hydrogen) atoms. The van der Waals surface area contributed by atoms with Crippen molar-refractivity contribution in [2.45, 2.75) is 39.4 Å². The van der Waals surface area contributed by atoms with E-state index in [2.05, 4.69) is 33.9 Å². The number of carbonyl (C=O) groups is 2. The molecule has 0 spiro atoms. The molecule has 160 valence electrons. The summed E-state index contributed by atoms with van der Waals surface area (Å²) in [7, 11) is 0. The summed E-state index contributed by atoms with van der Waals surface area (Å²) in [5.74, 6) is 0.603. The zero-order chi connectivity index (χ0) is 22.0. The van der Waals surface area contributed by atoms with Crippen molar-refractivity contribution in [3.63, 3.8) is 0 Å². The van der Waals surface area contributed by atoms with Crippen molar-refractivity contribution >= 4 is 23.1 Å². The van der Waals surface area contributed by atoms with Crippen LogP contribution in [0.15, 0.2) is 65.4 Å². The minimum Gasteiger partial charge on any atom is -0.494 e. The largest absolute Gasteiger partial charge is 0.494 e. The van der Waals surface area contributed by atoms with Crippen molar-refractivity contribution in [2.75, 3.05) is 11.9 Å². The number of hydrogen-bond acceptors (Lipinski definition) is 6. The van der Waals surface area contributed by atoms with Crippen molar-refractivity contribution in [2.24, 2.45) is 5.10 Å². The topological polar surface area (TPSA) is 83.0 Å². The lowest BCUT2D eigenvalue weighted by molar-refractivity contribution is -0.110. The molecular weight excluding hydrogens is 392 g/mol. The number of hydrazone groups is 1. The first-order valence-corrected chi connectivity index (χ1v) is 10.4. The molecule has 7 nitrogen and oxygen atoms in total. The van der Waals surface area contributed by atoms with Gasteiger partial charge in [-0.3, -0.25) is 19.9 Å². The minimum absolute atomic E-state index is 0.00894. The molecular formula is C24H26N4O3. The van der Waals surface area contributed by atoms with E-state index in [0.29, 0.717) is 30.0 Å². The Morgan fingerprint density at radius 1 is 1.16 bits per heavy atom. The van der Waals surface area contributed by atoms with E-state index in [9.17, 15) is 9.59 Å². The summed E-state index contributed by atoms with van der Waals surface area (Å²) in [4.78, 5) is 24.1. The summed E-state index contributed by atoms with van der Waals surface area (Å²) < 4.78 is 5.52. The van der Waals surface area contributed by atoms with E-state index in [4.69, 9.17) is 4.74 Å². The van der Waals surface area contributed by atoms with Gasteiger partial charge in [-0.1, -0.05) is 12.1 Å². The SMILES string of the molecule is CCOc1ccc(C2C=C(C)N3N=C(C(=O)Nc4ccc(C(C)=O)cc4)CC3N2)cc1. The van der Waals surface area contributed by atoms with E-state index in [0.717, 1.165) is 17.0 Å². The van der Waals surface area contributed by atoms with Crippen LogP contribution in [0.25, 0.3) is 0 Å². The number of anilines is 1. The monoisotopic (exact) mass is 418 g/mol. The first kappa shape index (κ1) is 20.8. The van der Waals surface area contributed by atoms with Crippen LogP contribution in [0.3, 0.4) is 0 Å². The number of fused-ring (bicyclic) bond motifs is 1. The van der Waals surface area contributed by atoms with E-state index in [-0.39, 0.29) is 23.9 Å². The fraction of sp³-hybridized carbons (Fsp3) is 0.292. The number of ketones is 1. The Morgan fingerprint density at radius 3 is 2.52 bits per heavy atom. The van der Waals surface area contributed by atoms with E-state index in [1.54, 1.807) is 24.3 Å². The van der Waals surface area contributed by atoms with Gasteiger partial charge in [-0.15, -0.1) is 0 Å². The molecule has 2 aliphatic rings. The molecule has 0 aliphatic carbocycles. The van der Waals surface area contributed by atoms with Gasteiger partial charge >= 0.3 is 0 Å². The molecule has 2 unspecified atom stereocenters. The number of nitrogens with one attached hydrogen (secondary N) is 2. The molecule has 2 N–H and O–H groups in total. The van der Waals surface area contributed by atoms with Gasteiger partial charge in [0, 0.05) is 23.4 Å². The van der Waals surface area contributed by atoms with Crippen LogP contribution >= 0.6 is 0 Å². The summed E-state index contributed by atoms with van der Waals surface area (Å²) in [5, 5.41) is 12.8. The number of hydrogen-bond donors (Lipinski definition) is 2. The van der Waals surface area contributed by atoms with E-state index in [1.165, 1.54) is 6.92 Å². The molecule has 0 bridgehead atoms. The number of amides is 1. The van der Waals surface area contributed by atoms with Gasteiger partial charge in [0.15, 0.2) is 5.78 Å². The lowest BCUT2D eigenvalue weighted by atomic mass is 10.0. The molecule has 0 saturated heterocycles. The maximum Gasteiger partial charge on any atom is 0.272 e. The minimum atomic E-state index is -0.239. The van der Waals surface area contributed by atoms with Gasteiger partial charge < -0.3 is 10.1 Å². The standard InChI is InChI=1S/C24H26N4O3/c1-4-31-20-11-7-18(8-12-20)21-13-15(2)28-23(26-21)14-22(27-28)24(30)25-19-9-5-17(6-10-19)16(3)29/h5-13,21,23,26H,4,14H2,1-3H3,(H,25,30). The highest BCUT2D eigenvalue weighted by atomic mass is 16.5. The predicted octanol–water partition coefficient (Wildman–Crippen LogP) is 3.86. The molecule has 0 radical (unpaired) electrons. The van der Waals surface area contributed by atoms with E-state index < -0.39 is 0 Å². The van der Waals surface area contributed by atoms with Gasteiger partial charge in [0.05, 0.1) is 12.6 Å². The van der Waals surface area contributed by atoms with Crippen molar-refractivity contribution < 1.29 is 14.3 Å². The fourth-order valence-electron chi connectivity index (χ4n) is 3.80. The van der Waals surface area contributed by atoms with Crippen molar-refractivity contribution in [1.29, 1.82) is 0 Å². The predicted molar refractivity (Wildman–Crippen MR) is 120 cm³/mol. The van der Waals surface area contributed by atoms with Gasteiger partial charge in [-0.2, -0.15) is 5.10 Å². The third kappa shape index (κ3) is 4.51. The van der Waals surface area contributed by atoms with E-state index in [1.807, 2.05) is 31.0 Å². The summed E-state index contributed by atoms with van der Waals surface area (Å²) in [6, 6.07) is 14.9. The summed E-state index contributed by atoms with van der Waals surface area (Å²) in [5.41, 5.74) is 3.84. The number of nitrogens with zero attached hydrogens (tertiary/aromatic N) is 2. The van der Waals surface area contributed by atoms with Crippen molar-refractivity contribution in [1.82, 2.24) is 10.3 Å². The number of benzene rings is 2. The number of allylic oxidation sites excluding steroid dienone is 1. The molecule has 2 heterocycles. The molecule has 2 aliphatic heterocycles. The molecule has 0 saturated carbocycles. The first-order chi connectivity index (χ1) is 14.9. The van der Waals surface area contributed by atoms with Crippen LogP contribution in [-0.2, 0) is 4.79 Å². The number of rotatable bonds is 6. The Morgan fingerprint density at radius 2 is 1.87 bits per heavy atom. The van der Waals surface area contributed by atoms with Crippen molar-refractivity contribution in [3.05, 3.63) is 71.4 Å². The Bertz CT molecular complexity index is 1040. The highest BCUT2D eigenvalue weighted by molar-refractivity contribution is 6.43. The van der Waals surface area contributed by atoms with Crippen LogP contribution in [0.1, 0.15) is 49.2 Å². The Labute approximate surface area is 181 Å². The van der Waals surface area contributed by atoms with Crippen LogP contribution in [0, 0.1) is 0 Å². The molecule has 4 rings (SSSR count). The Balaban J connectivity index is 1.42. The van der Waals surface area contributed by atoms with Crippen LogP contribution in [0.4, 0.5) is 5.69 Å². The van der Waals surface area contributed by atoms with Crippen LogP contribution < -0.4 is 15.4 Å². The highest BCUT2D eigenvalue weighted by Crippen LogP contribution is 2.30. The van der Waals surface area contributed by atoms with E-state index >= 15 is 0 Å². The summed E-state index contributed by atoms with van der Waals surface area (Å²) in [6.45, 7) is 6.12.